The minimum absolute atomic E-state index is 0.0246. The van der Waals surface area contributed by atoms with Crippen LogP contribution in [0.3, 0.4) is 0 Å². The van der Waals surface area contributed by atoms with Gasteiger partial charge >= 0.3 is 1.41 Å². The normalized spacial score (nSPS) is 18.2. The van der Waals surface area contributed by atoms with Crippen LogP contribution in [0.2, 0.25) is 1.41 Å². The Balaban J connectivity index is 2.12. The molecule has 0 aromatic heterocycles. The Labute approximate surface area is 226 Å². The van der Waals surface area contributed by atoms with E-state index in [4.69, 9.17) is 0 Å². The van der Waals surface area contributed by atoms with Crippen molar-refractivity contribution in [2.75, 3.05) is 0 Å². The molecule has 1 heterocycles. The van der Waals surface area contributed by atoms with Gasteiger partial charge in [0.05, 0.1) is 11.1 Å². The number of quaternary nitrogens is 1. The van der Waals surface area contributed by atoms with Gasteiger partial charge in [0.25, 0.3) is 0 Å². The molecule has 0 unspecified atom stereocenters. The summed E-state index contributed by atoms with van der Waals surface area (Å²) in [6, 6.07) is 4.97. The van der Waals surface area contributed by atoms with Gasteiger partial charge in [-0.2, -0.15) is 10.9 Å². The molecule has 1 N–H and O–H groups in total. The predicted molar refractivity (Wildman–Crippen MR) is 130 cm³/mol. The van der Waals surface area contributed by atoms with E-state index in [1.807, 2.05) is 0 Å². The van der Waals surface area contributed by atoms with E-state index < -0.39 is 97.2 Å². The smallest absolute Gasteiger partial charge is 0.323 e. The summed E-state index contributed by atoms with van der Waals surface area (Å²) in [5.41, 5.74) is -5.63. The molecule has 1 fully saturated rings. The van der Waals surface area contributed by atoms with E-state index >= 15 is 17.6 Å². The number of nitrogens with one attached hydrogen (secondary N) is 1. The molecule has 1 aliphatic heterocycles. The van der Waals surface area contributed by atoms with Crippen LogP contribution in [0, 0.1) is 58.2 Å². The fourth-order valence-corrected chi connectivity index (χ4v) is 5.81. The summed E-state index contributed by atoms with van der Waals surface area (Å²) < 4.78 is 156. The Morgan fingerprint density at radius 3 is 1.38 bits per heavy atom. The molecule has 1 radical (unpaired) electrons. The van der Waals surface area contributed by atoms with Crippen LogP contribution in [-0.4, -0.2) is 17.8 Å². The number of likely N-dealkylation sites (tertiary alicyclic amines) is 1. The van der Waals surface area contributed by atoms with Crippen molar-refractivity contribution < 1.29 is 50.2 Å². The Kier molecular flexibility index (Phi) is 7.43. The summed E-state index contributed by atoms with van der Waals surface area (Å²) in [7, 11) is 0. The molecular formula is C28H25BF10N. The first-order valence-corrected chi connectivity index (χ1v) is 12.4. The second-order valence-electron chi connectivity index (χ2n) is 11.2. The van der Waals surface area contributed by atoms with E-state index in [0.29, 0.717) is 12.8 Å². The average molecular weight is 577 g/mol. The Morgan fingerprint density at radius 2 is 0.975 bits per heavy atom. The van der Waals surface area contributed by atoms with E-state index in [9.17, 15) is 27.8 Å². The van der Waals surface area contributed by atoms with Gasteiger partial charge in [0.15, 0.2) is 34.9 Å². The molecule has 1 nitrogen and oxygen atoms in total. The van der Waals surface area contributed by atoms with Gasteiger partial charge in [-0.1, -0.05) is 24.3 Å². The zero-order valence-electron chi connectivity index (χ0n) is 22.9. The highest BCUT2D eigenvalue weighted by molar-refractivity contribution is 6.96. The second-order valence-corrected chi connectivity index (χ2v) is 11.2. The quantitative estimate of drug-likeness (QED) is 0.194. The van der Waals surface area contributed by atoms with Crippen LogP contribution in [0.1, 0.15) is 52.5 Å². The standard InChI is InChI=1S/C28H24BF10N/c1-27(2)10-7-11-28(3,4)40(27)12-13-8-5-6-9-14(13)29(15-17(30)21(34)25(38)22(35)18(15)31)16-19(32)23(36)26(39)24(37)20(16)33/h5-6,8-9H,7,10-12H2,1-4H3/q-1/p+1/i/hD. The van der Waals surface area contributed by atoms with Gasteiger partial charge in [-0.3, -0.25) is 0 Å². The minimum atomic E-state index is -2.68. The van der Waals surface area contributed by atoms with E-state index in [2.05, 4.69) is 0 Å². The van der Waals surface area contributed by atoms with Crippen molar-refractivity contribution in [1.29, 1.82) is 0 Å². The molecule has 0 spiro atoms. The lowest BCUT2D eigenvalue weighted by Gasteiger charge is -2.50. The predicted octanol–water partition coefficient (Wildman–Crippen LogP) is 4.72. The molecular weight excluding hydrogens is 551 g/mol. The lowest BCUT2D eigenvalue weighted by Crippen LogP contribution is -3.25. The van der Waals surface area contributed by atoms with Crippen molar-refractivity contribution in [3.05, 3.63) is 88.0 Å². The molecule has 0 amide bonds. The summed E-state index contributed by atoms with van der Waals surface area (Å²) in [5, 5.41) is 0. The van der Waals surface area contributed by atoms with Crippen molar-refractivity contribution in [3.63, 3.8) is 0 Å². The number of hydrogen-bond acceptors (Lipinski definition) is 0. The average Bonchev–Trinajstić information content (AvgIpc) is 2.91. The van der Waals surface area contributed by atoms with Gasteiger partial charge in [0.1, 0.15) is 29.8 Å². The maximum atomic E-state index is 15.2. The number of rotatable bonds is 5. The van der Waals surface area contributed by atoms with Crippen molar-refractivity contribution in [2.24, 2.45) is 0 Å². The maximum Gasteiger partial charge on any atom is 0.349 e. The van der Waals surface area contributed by atoms with Gasteiger partial charge in [-0.25, -0.2) is 49.4 Å². The highest BCUT2D eigenvalue weighted by Gasteiger charge is 2.45. The van der Waals surface area contributed by atoms with Gasteiger partial charge in [-0.15, -0.1) is 0 Å². The molecule has 0 bridgehead atoms. The molecule has 3 aromatic carbocycles. The van der Waals surface area contributed by atoms with Gasteiger partial charge in [0.2, 0.25) is 0 Å². The van der Waals surface area contributed by atoms with Crippen LogP contribution in [0.15, 0.2) is 24.3 Å². The second kappa shape index (κ2) is 10.4. The van der Waals surface area contributed by atoms with E-state index in [1.165, 1.54) is 18.2 Å². The van der Waals surface area contributed by atoms with E-state index in [-0.39, 0.29) is 12.1 Å². The minimum Gasteiger partial charge on any atom is -0.323 e. The van der Waals surface area contributed by atoms with Crippen LogP contribution in [-0.2, 0) is 6.54 Å². The molecule has 215 valence electrons. The summed E-state index contributed by atoms with van der Waals surface area (Å²) in [5.74, 6) is -25.0. The molecule has 0 atom stereocenters. The molecule has 1 saturated heterocycles. The molecule has 3 aromatic rings. The third-order valence-electron chi connectivity index (χ3n) is 7.80. The van der Waals surface area contributed by atoms with Gasteiger partial charge in [-0.05, 0) is 46.4 Å². The first kappa shape index (κ1) is 28.5. The molecule has 12 heteroatoms. The Bertz CT molecular complexity index is 1400. The van der Waals surface area contributed by atoms with Gasteiger partial charge in [0, 0.05) is 12.8 Å². The molecule has 0 aliphatic carbocycles. The van der Waals surface area contributed by atoms with Crippen molar-refractivity contribution >= 4 is 23.1 Å². The van der Waals surface area contributed by atoms with Crippen LogP contribution >= 0.6 is 0 Å². The molecule has 4 rings (SSSR count). The lowest BCUT2D eigenvalue weighted by atomic mass is 9.35. The first-order valence-electron chi connectivity index (χ1n) is 12.9. The van der Waals surface area contributed by atoms with Crippen molar-refractivity contribution in [1.82, 2.24) is 0 Å². The zero-order chi connectivity index (χ0) is 30.8. The molecule has 1 aliphatic rings. The highest BCUT2D eigenvalue weighted by atomic mass is 19.2. The van der Waals surface area contributed by atoms with Crippen molar-refractivity contribution in [2.45, 2.75) is 64.6 Å². The summed E-state index contributed by atoms with van der Waals surface area (Å²) >= 11 is 0. The number of benzene rings is 3. The fourth-order valence-electron chi connectivity index (χ4n) is 5.81. The topological polar surface area (TPSA) is 4.44 Å². The largest absolute Gasteiger partial charge is 0.349 e. The van der Waals surface area contributed by atoms with Crippen molar-refractivity contribution in [3.8, 4) is 0 Å². The monoisotopic (exact) mass is 577 g/mol. The number of halogens is 10. The van der Waals surface area contributed by atoms with Crippen LogP contribution in [0.5, 0.6) is 0 Å². The van der Waals surface area contributed by atoms with Crippen LogP contribution < -0.4 is 21.3 Å². The summed E-state index contributed by atoms with van der Waals surface area (Å²) in [6.45, 7) is 4.23. The van der Waals surface area contributed by atoms with E-state index in [1.54, 1.807) is 27.7 Å². The van der Waals surface area contributed by atoms with Crippen LogP contribution in [0.4, 0.5) is 43.9 Å². The highest BCUT2D eigenvalue weighted by Crippen LogP contribution is 2.25. The molecule has 40 heavy (non-hydrogen) atoms. The summed E-state index contributed by atoms with van der Waals surface area (Å²) in [6.07, 6.45) is 1.90. The maximum absolute atomic E-state index is 15.2. The Hall–Kier alpha value is -3.02. The number of hydrogen-bond donors (Lipinski definition) is 1. The van der Waals surface area contributed by atoms with Gasteiger partial charge < -0.3 is 4.89 Å². The first-order chi connectivity index (χ1) is 18.9. The third kappa shape index (κ3) is 4.78. The van der Waals surface area contributed by atoms with E-state index in [0.717, 1.165) is 12.5 Å². The Morgan fingerprint density at radius 1 is 0.625 bits per heavy atom. The SMILES string of the molecule is [2H][N+]1(Cc2ccccc2[B-](c2c(F)c(F)c(F)c(F)c2F)c2c(F)c(F)c(F)c(F)c2F)C(C)(C)CCCC1(C)C. The summed E-state index contributed by atoms with van der Waals surface area (Å²) in [4.78, 5) is -0.474. The fraction of sp³-hybridized carbons (Fsp3) is 0.357. The third-order valence-corrected chi connectivity index (χ3v) is 7.80. The molecule has 0 saturated carbocycles. The lowest BCUT2D eigenvalue weighted by molar-refractivity contribution is -1.01. The zero-order valence-corrected chi connectivity index (χ0v) is 21.9. The number of piperidine rings is 1. The van der Waals surface area contributed by atoms with Crippen LogP contribution in [0.25, 0.3) is 0 Å².